The zero-order valence-corrected chi connectivity index (χ0v) is 7.58. The zero-order chi connectivity index (χ0) is 7.84. The van der Waals surface area contributed by atoms with Crippen LogP contribution in [0.25, 0.3) is 0 Å². The molecule has 1 aliphatic rings. The van der Waals surface area contributed by atoms with Crippen LogP contribution in [0.4, 0.5) is 0 Å². The third-order valence-electron chi connectivity index (χ3n) is 1.92. The summed E-state index contributed by atoms with van der Waals surface area (Å²) in [4.78, 5) is 0. The number of hydrogen-bond donors (Lipinski definition) is 1. The summed E-state index contributed by atoms with van der Waals surface area (Å²) < 4.78 is 2.12. The molecule has 2 rings (SSSR count). The standard InChI is InChI=1S/C8H9BrNO/c9-7-3-4-8(6-1-2-6)10(11)5-7/h3-6,11H,1-2H2/q+1. The van der Waals surface area contributed by atoms with Gasteiger partial charge in [0.25, 0.3) is 0 Å². The Bertz CT molecular complexity index is 283. The Morgan fingerprint density at radius 1 is 1.45 bits per heavy atom. The van der Waals surface area contributed by atoms with Crippen LogP contribution in [0.3, 0.4) is 0 Å². The molecule has 0 atom stereocenters. The van der Waals surface area contributed by atoms with Crippen molar-refractivity contribution >= 4 is 15.9 Å². The van der Waals surface area contributed by atoms with Crippen molar-refractivity contribution < 1.29 is 9.94 Å². The molecule has 2 nitrogen and oxygen atoms in total. The number of pyridine rings is 1. The highest BCUT2D eigenvalue weighted by atomic mass is 79.9. The van der Waals surface area contributed by atoms with E-state index in [1.54, 1.807) is 6.20 Å². The first-order valence-electron chi connectivity index (χ1n) is 3.68. The van der Waals surface area contributed by atoms with Gasteiger partial charge in [-0.3, -0.25) is 5.21 Å². The molecule has 1 fully saturated rings. The van der Waals surface area contributed by atoms with Gasteiger partial charge in [0.1, 0.15) is 0 Å². The molecule has 1 N–H and O–H groups in total. The van der Waals surface area contributed by atoms with E-state index in [0.29, 0.717) is 5.92 Å². The molecule has 1 aliphatic carbocycles. The molecule has 0 saturated heterocycles. The lowest BCUT2D eigenvalue weighted by molar-refractivity contribution is -0.910. The van der Waals surface area contributed by atoms with Crippen molar-refractivity contribution in [3.8, 4) is 0 Å². The molecule has 1 aromatic heterocycles. The maximum atomic E-state index is 9.39. The summed E-state index contributed by atoms with van der Waals surface area (Å²) in [6.07, 6.45) is 4.10. The average Bonchev–Trinajstić information content (AvgIpc) is 2.70. The smallest absolute Gasteiger partial charge is 0.237 e. The minimum Gasteiger partial charge on any atom is -0.285 e. The van der Waals surface area contributed by atoms with Gasteiger partial charge in [0.2, 0.25) is 11.9 Å². The second-order valence-electron chi connectivity index (χ2n) is 2.89. The predicted octanol–water partition coefficient (Wildman–Crippen LogP) is 1.85. The van der Waals surface area contributed by atoms with Crippen molar-refractivity contribution in [2.75, 3.05) is 0 Å². The van der Waals surface area contributed by atoms with Gasteiger partial charge in [0.05, 0.1) is 4.47 Å². The number of nitrogens with zero attached hydrogens (tertiary/aromatic N) is 1. The molecule has 0 aliphatic heterocycles. The van der Waals surface area contributed by atoms with Gasteiger partial charge >= 0.3 is 0 Å². The van der Waals surface area contributed by atoms with Crippen LogP contribution in [0.15, 0.2) is 22.8 Å². The SMILES string of the molecule is O[n+]1cc(Br)ccc1C1CC1. The maximum Gasteiger partial charge on any atom is 0.237 e. The normalized spacial score (nSPS) is 16.8. The number of hydrogen-bond acceptors (Lipinski definition) is 1. The minimum atomic E-state index is 0.591. The molecule has 1 heterocycles. The quantitative estimate of drug-likeness (QED) is 0.561. The van der Waals surface area contributed by atoms with Crippen molar-refractivity contribution in [1.82, 2.24) is 0 Å². The first kappa shape index (κ1) is 7.10. The molecule has 3 heteroatoms. The lowest BCUT2D eigenvalue weighted by Crippen LogP contribution is -2.34. The second kappa shape index (κ2) is 2.48. The van der Waals surface area contributed by atoms with Crippen molar-refractivity contribution in [1.29, 1.82) is 0 Å². The average molecular weight is 215 g/mol. The molecule has 0 unspecified atom stereocenters. The molecule has 1 aromatic rings. The summed E-state index contributed by atoms with van der Waals surface area (Å²) in [5.41, 5.74) is 1.02. The van der Waals surface area contributed by atoms with Crippen molar-refractivity contribution in [3.05, 3.63) is 28.5 Å². The number of halogens is 1. The number of rotatable bonds is 1. The van der Waals surface area contributed by atoms with E-state index in [1.807, 2.05) is 12.1 Å². The van der Waals surface area contributed by atoms with Gasteiger partial charge < -0.3 is 0 Å². The van der Waals surface area contributed by atoms with Crippen molar-refractivity contribution in [2.24, 2.45) is 0 Å². The van der Waals surface area contributed by atoms with E-state index in [-0.39, 0.29) is 0 Å². The maximum absolute atomic E-state index is 9.39. The molecule has 0 spiro atoms. The van der Waals surface area contributed by atoms with Crippen LogP contribution >= 0.6 is 15.9 Å². The zero-order valence-electron chi connectivity index (χ0n) is 6.00. The Morgan fingerprint density at radius 3 is 2.73 bits per heavy atom. The fraction of sp³-hybridized carbons (Fsp3) is 0.375. The van der Waals surface area contributed by atoms with Crippen LogP contribution in [0.1, 0.15) is 24.5 Å². The van der Waals surface area contributed by atoms with Crippen molar-refractivity contribution in [3.63, 3.8) is 0 Å². The van der Waals surface area contributed by atoms with Crippen LogP contribution in [0.5, 0.6) is 0 Å². The van der Waals surface area contributed by atoms with Crippen molar-refractivity contribution in [2.45, 2.75) is 18.8 Å². The molecule has 0 bridgehead atoms. The van der Waals surface area contributed by atoms with E-state index in [2.05, 4.69) is 15.9 Å². The largest absolute Gasteiger partial charge is 0.285 e. The fourth-order valence-electron chi connectivity index (χ4n) is 1.18. The Kier molecular flexibility index (Phi) is 1.60. The summed E-state index contributed by atoms with van der Waals surface area (Å²) in [6, 6.07) is 3.92. The summed E-state index contributed by atoms with van der Waals surface area (Å²) in [5.74, 6) is 0.591. The highest BCUT2D eigenvalue weighted by Gasteiger charge is 2.32. The lowest BCUT2D eigenvalue weighted by Gasteiger charge is -1.92. The first-order valence-corrected chi connectivity index (χ1v) is 4.47. The lowest BCUT2D eigenvalue weighted by atomic mass is 10.2. The monoisotopic (exact) mass is 214 g/mol. The molecule has 1 saturated carbocycles. The van der Waals surface area contributed by atoms with E-state index < -0.39 is 0 Å². The van der Waals surface area contributed by atoms with Gasteiger partial charge in [-0.1, -0.05) is 0 Å². The third-order valence-corrected chi connectivity index (χ3v) is 2.39. The second-order valence-corrected chi connectivity index (χ2v) is 3.81. The molecule has 0 amide bonds. The van der Waals surface area contributed by atoms with Gasteiger partial charge in [-0.15, -0.1) is 0 Å². The van der Waals surface area contributed by atoms with Crippen LogP contribution in [-0.2, 0) is 0 Å². The predicted molar refractivity (Wildman–Crippen MR) is 43.5 cm³/mol. The van der Waals surface area contributed by atoms with E-state index in [0.717, 1.165) is 10.2 Å². The van der Waals surface area contributed by atoms with Crippen LogP contribution in [0.2, 0.25) is 0 Å². The molecule has 11 heavy (non-hydrogen) atoms. The molecule has 58 valence electrons. The Labute approximate surface area is 73.6 Å². The van der Waals surface area contributed by atoms with Gasteiger partial charge in [0.15, 0.2) is 0 Å². The van der Waals surface area contributed by atoms with Gasteiger partial charge in [0, 0.05) is 16.7 Å². The Morgan fingerprint density at radius 2 is 2.18 bits per heavy atom. The number of aromatic nitrogens is 1. The summed E-state index contributed by atoms with van der Waals surface area (Å²) in [7, 11) is 0. The minimum absolute atomic E-state index is 0.591. The van der Waals surface area contributed by atoms with Gasteiger partial charge in [-0.25, -0.2) is 0 Å². The summed E-state index contributed by atoms with van der Waals surface area (Å²) in [6.45, 7) is 0. The topological polar surface area (TPSA) is 24.1 Å². The molecular weight excluding hydrogens is 206 g/mol. The Hall–Kier alpha value is -0.570. The van der Waals surface area contributed by atoms with E-state index >= 15 is 0 Å². The molecular formula is C8H9BrNO+. The Balaban J connectivity index is 2.39. The van der Waals surface area contributed by atoms with Crippen LogP contribution < -0.4 is 4.73 Å². The van der Waals surface area contributed by atoms with Gasteiger partial charge in [-0.2, -0.15) is 0 Å². The van der Waals surface area contributed by atoms with E-state index in [1.165, 1.54) is 17.6 Å². The van der Waals surface area contributed by atoms with E-state index in [9.17, 15) is 5.21 Å². The molecule has 0 radical (unpaired) electrons. The van der Waals surface area contributed by atoms with Gasteiger partial charge in [-0.05, 0) is 34.8 Å². The van der Waals surface area contributed by atoms with Crippen LogP contribution in [-0.4, -0.2) is 5.21 Å². The first-order chi connectivity index (χ1) is 5.27. The molecule has 0 aromatic carbocycles. The van der Waals surface area contributed by atoms with Crippen LogP contribution in [0, 0.1) is 0 Å². The third kappa shape index (κ3) is 1.38. The highest BCUT2D eigenvalue weighted by Crippen LogP contribution is 2.38. The summed E-state index contributed by atoms with van der Waals surface area (Å²) >= 11 is 3.28. The van der Waals surface area contributed by atoms with E-state index in [4.69, 9.17) is 0 Å². The summed E-state index contributed by atoms with van der Waals surface area (Å²) in [5, 5.41) is 9.39. The fourth-order valence-corrected chi connectivity index (χ4v) is 1.50. The highest BCUT2D eigenvalue weighted by molar-refractivity contribution is 9.10.